The van der Waals surface area contributed by atoms with Gasteiger partial charge < -0.3 is 5.73 Å². The number of nitrogens with one attached hydrogen (secondary N) is 1. The minimum atomic E-state index is -0.445. The Hall–Kier alpha value is -1.93. The maximum atomic E-state index is 11.9. The van der Waals surface area contributed by atoms with Crippen molar-refractivity contribution >= 4 is 23.6 Å². The molecule has 7 nitrogen and oxygen atoms in total. The van der Waals surface area contributed by atoms with E-state index in [1.165, 1.54) is 0 Å². The molecule has 1 aromatic heterocycles. The first-order valence-electron chi connectivity index (χ1n) is 6.43. The molecule has 0 saturated carbocycles. The van der Waals surface area contributed by atoms with Crippen LogP contribution in [0.1, 0.15) is 33.0 Å². The van der Waals surface area contributed by atoms with E-state index in [0.717, 1.165) is 11.9 Å². The van der Waals surface area contributed by atoms with Gasteiger partial charge in [-0.1, -0.05) is 13.8 Å². The molecule has 1 rings (SSSR count). The monoisotopic (exact) mass is 308 g/mol. The Morgan fingerprint density at radius 1 is 1.43 bits per heavy atom. The molecule has 0 aromatic carbocycles. The largest absolute Gasteiger partial charge is 0.401 e. The second-order valence-electron chi connectivity index (χ2n) is 4.80. The van der Waals surface area contributed by atoms with E-state index < -0.39 is 5.91 Å². The summed E-state index contributed by atoms with van der Waals surface area (Å²) in [7, 11) is 0. The minimum absolute atomic E-state index is 0.233. The van der Waals surface area contributed by atoms with Gasteiger partial charge in [0, 0.05) is 18.1 Å². The molecule has 0 aliphatic rings. The van der Waals surface area contributed by atoms with Crippen molar-refractivity contribution in [3.63, 3.8) is 0 Å². The van der Waals surface area contributed by atoms with Crippen LogP contribution in [0, 0.1) is 5.92 Å². The van der Waals surface area contributed by atoms with E-state index in [1.54, 1.807) is 25.4 Å². The summed E-state index contributed by atoms with van der Waals surface area (Å²) in [5.74, 6) is 0.390. The highest BCUT2D eigenvalue weighted by Gasteiger charge is 2.13. The van der Waals surface area contributed by atoms with Gasteiger partial charge in [-0.15, -0.1) is 0 Å². The van der Waals surface area contributed by atoms with Gasteiger partial charge in [0.15, 0.2) is 5.82 Å². The van der Waals surface area contributed by atoms with Crippen molar-refractivity contribution in [1.29, 1.82) is 0 Å². The molecule has 0 unspecified atom stereocenters. The zero-order valence-electron chi connectivity index (χ0n) is 12.3. The first-order valence-corrected chi connectivity index (χ1v) is 7.31. The van der Waals surface area contributed by atoms with Crippen molar-refractivity contribution < 1.29 is 4.79 Å². The van der Waals surface area contributed by atoms with Crippen LogP contribution in [0.4, 0.5) is 0 Å². The van der Waals surface area contributed by atoms with Crippen LogP contribution in [-0.2, 0) is 4.79 Å². The van der Waals surface area contributed by atoms with Crippen LogP contribution in [0.2, 0.25) is 0 Å². The highest BCUT2D eigenvalue weighted by molar-refractivity contribution is 8.01. The van der Waals surface area contributed by atoms with Crippen molar-refractivity contribution in [2.75, 3.05) is 0 Å². The van der Waals surface area contributed by atoms with Gasteiger partial charge in [-0.05, 0) is 37.3 Å². The van der Waals surface area contributed by atoms with Gasteiger partial charge in [0.1, 0.15) is 10.6 Å². The van der Waals surface area contributed by atoms with Crippen LogP contribution in [0.5, 0.6) is 0 Å². The number of aromatic nitrogens is 2. The molecule has 0 aliphatic carbocycles. The van der Waals surface area contributed by atoms with Crippen LogP contribution in [-0.4, -0.2) is 21.6 Å². The Bertz CT molecular complexity index is 537. The SMILES string of the molecule is C/C(N)=C(/SN)C(=O)N/N=C(/CC(C)C)c1ncccn1. The van der Waals surface area contributed by atoms with Crippen molar-refractivity contribution in [3.05, 3.63) is 34.9 Å². The number of allylic oxidation sites excluding steroid dienone is 1. The molecule has 0 atom stereocenters. The predicted octanol–water partition coefficient (Wildman–Crippen LogP) is 1.14. The molecule has 5 N–H and O–H groups in total. The number of amides is 1. The van der Waals surface area contributed by atoms with Gasteiger partial charge >= 0.3 is 0 Å². The normalized spacial score (nSPS) is 13.1. The van der Waals surface area contributed by atoms with Crippen molar-refractivity contribution in [3.8, 4) is 0 Å². The van der Waals surface area contributed by atoms with E-state index in [4.69, 9.17) is 10.9 Å². The first kappa shape index (κ1) is 17.1. The van der Waals surface area contributed by atoms with Crippen molar-refractivity contribution in [2.24, 2.45) is 21.9 Å². The molecule has 0 bridgehead atoms. The van der Waals surface area contributed by atoms with E-state index in [9.17, 15) is 4.79 Å². The third-order valence-electron chi connectivity index (χ3n) is 2.40. The topological polar surface area (TPSA) is 119 Å². The third kappa shape index (κ3) is 5.52. The Labute approximate surface area is 128 Å². The molecule has 1 amide bonds. The van der Waals surface area contributed by atoms with Gasteiger partial charge in [-0.25, -0.2) is 15.4 Å². The number of hydrazone groups is 1. The number of nitrogens with two attached hydrogens (primary N) is 2. The molecule has 0 radical (unpaired) electrons. The lowest BCUT2D eigenvalue weighted by Gasteiger charge is -2.09. The molecule has 114 valence electrons. The van der Waals surface area contributed by atoms with E-state index in [2.05, 4.69) is 20.5 Å². The molecule has 8 heteroatoms. The second-order valence-corrected chi connectivity index (χ2v) is 5.44. The average Bonchev–Trinajstić information content (AvgIpc) is 2.44. The van der Waals surface area contributed by atoms with E-state index in [-0.39, 0.29) is 4.91 Å². The Kier molecular flexibility index (Phi) is 6.83. The number of hydrogen-bond donors (Lipinski definition) is 3. The quantitative estimate of drug-likeness (QED) is 0.314. The lowest BCUT2D eigenvalue weighted by Crippen LogP contribution is -2.24. The van der Waals surface area contributed by atoms with E-state index >= 15 is 0 Å². The molecule has 1 heterocycles. The molecule has 0 aliphatic heterocycles. The van der Waals surface area contributed by atoms with Crippen LogP contribution in [0.15, 0.2) is 34.2 Å². The first-order chi connectivity index (χ1) is 9.95. The summed E-state index contributed by atoms with van der Waals surface area (Å²) in [6.45, 7) is 5.70. The summed E-state index contributed by atoms with van der Waals surface area (Å²) in [5, 5.41) is 9.54. The summed E-state index contributed by atoms with van der Waals surface area (Å²) in [6, 6.07) is 1.72. The second kappa shape index (κ2) is 8.38. The highest BCUT2D eigenvalue weighted by atomic mass is 32.2. The molecular formula is C13H20N6OS. The predicted molar refractivity (Wildman–Crippen MR) is 84.8 cm³/mol. The summed E-state index contributed by atoms with van der Waals surface area (Å²) < 4.78 is 0. The average molecular weight is 308 g/mol. The lowest BCUT2D eigenvalue weighted by molar-refractivity contribution is -0.116. The van der Waals surface area contributed by atoms with Crippen LogP contribution < -0.4 is 16.3 Å². The van der Waals surface area contributed by atoms with Gasteiger partial charge in [0.05, 0.1) is 0 Å². The maximum absolute atomic E-state index is 11.9. The van der Waals surface area contributed by atoms with E-state index in [1.807, 2.05) is 13.8 Å². The van der Waals surface area contributed by atoms with Crippen molar-refractivity contribution in [1.82, 2.24) is 15.4 Å². The van der Waals surface area contributed by atoms with Gasteiger partial charge in [0.2, 0.25) is 0 Å². The van der Waals surface area contributed by atoms with Crippen LogP contribution >= 0.6 is 11.9 Å². The molecule has 21 heavy (non-hydrogen) atoms. The fourth-order valence-electron chi connectivity index (χ4n) is 1.52. The van der Waals surface area contributed by atoms with Gasteiger partial charge in [-0.3, -0.25) is 9.93 Å². The molecular weight excluding hydrogens is 288 g/mol. The fraction of sp³-hybridized carbons (Fsp3) is 0.385. The smallest absolute Gasteiger partial charge is 0.280 e. The number of hydrogen-bond acceptors (Lipinski definition) is 7. The Morgan fingerprint density at radius 2 is 2.05 bits per heavy atom. The molecule has 0 saturated heterocycles. The summed E-state index contributed by atoms with van der Waals surface area (Å²) >= 11 is 0.790. The minimum Gasteiger partial charge on any atom is -0.401 e. The zero-order valence-corrected chi connectivity index (χ0v) is 13.1. The zero-order chi connectivity index (χ0) is 15.8. The number of nitrogens with zero attached hydrogens (tertiary/aromatic N) is 3. The maximum Gasteiger partial charge on any atom is 0.280 e. The van der Waals surface area contributed by atoms with Crippen LogP contribution in [0.3, 0.4) is 0 Å². The summed E-state index contributed by atoms with van der Waals surface area (Å²) in [5.41, 5.74) is 8.99. The fourth-order valence-corrected chi connectivity index (χ4v) is 1.85. The number of rotatable bonds is 6. The molecule has 0 fully saturated rings. The Balaban J connectivity index is 2.95. The number of carbonyl (C=O) groups excluding carboxylic acids is 1. The van der Waals surface area contributed by atoms with Crippen molar-refractivity contribution in [2.45, 2.75) is 27.2 Å². The number of carbonyl (C=O) groups is 1. The Morgan fingerprint density at radius 3 is 2.52 bits per heavy atom. The summed E-state index contributed by atoms with van der Waals surface area (Å²) in [6.07, 6.45) is 3.90. The van der Waals surface area contributed by atoms with Crippen LogP contribution in [0.25, 0.3) is 0 Å². The highest BCUT2D eigenvalue weighted by Crippen LogP contribution is 2.11. The lowest BCUT2D eigenvalue weighted by atomic mass is 10.1. The van der Waals surface area contributed by atoms with Gasteiger partial charge in [-0.2, -0.15) is 5.10 Å². The molecule has 1 aromatic rings. The summed E-state index contributed by atoms with van der Waals surface area (Å²) in [4.78, 5) is 20.5. The standard InChI is InChI=1S/C13H20N6OS/c1-8(2)7-10(12-16-5-4-6-17-12)18-19-13(20)11(21-15)9(3)14/h4-6,8H,7,14-15H2,1-3H3,(H,19,20)/b11-9-,18-10-. The van der Waals surface area contributed by atoms with Gasteiger partial charge in [0.25, 0.3) is 5.91 Å². The van der Waals surface area contributed by atoms with E-state index in [0.29, 0.717) is 29.6 Å². The third-order valence-corrected chi connectivity index (χ3v) is 3.14. The molecule has 0 spiro atoms.